The SMILES string of the molecule is C=CCOc1ccc(N(CCC(=O)NC(CCCCNC(=O)OC(C)(C)C)C(=O)N[C@@H](CC=C)C(=O)O)C(C)=O)cc1. The van der Waals surface area contributed by atoms with Crippen molar-refractivity contribution in [1.29, 1.82) is 0 Å². The van der Waals surface area contributed by atoms with Crippen LogP contribution in [0.1, 0.15) is 59.8 Å². The van der Waals surface area contributed by atoms with E-state index in [2.05, 4.69) is 29.1 Å². The average Bonchev–Trinajstić information content (AvgIpc) is 2.90. The van der Waals surface area contributed by atoms with Crippen molar-refractivity contribution in [2.75, 3.05) is 24.6 Å². The van der Waals surface area contributed by atoms with Gasteiger partial charge in [0.25, 0.3) is 0 Å². The largest absolute Gasteiger partial charge is 0.490 e. The van der Waals surface area contributed by atoms with Gasteiger partial charge in [-0.1, -0.05) is 18.7 Å². The summed E-state index contributed by atoms with van der Waals surface area (Å²) in [6.45, 7) is 14.4. The topological polar surface area (TPSA) is 163 Å². The monoisotopic (exact) mass is 588 g/mol. The van der Waals surface area contributed by atoms with E-state index in [1.165, 1.54) is 17.9 Å². The third kappa shape index (κ3) is 14.3. The summed E-state index contributed by atoms with van der Waals surface area (Å²) >= 11 is 0. The van der Waals surface area contributed by atoms with E-state index in [4.69, 9.17) is 9.47 Å². The molecule has 12 nitrogen and oxygen atoms in total. The van der Waals surface area contributed by atoms with Gasteiger partial charge in [0, 0.05) is 32.1 Å². The molecule has 0 aromatic heterocycles. The molecule has 42 heavy (non-hydrogen) atoms. The van der Waals surface area contributed by atoms with Crippen LogP contribution in [0, 0.1) is 0 Å². The van der Waals surface area contributed by atoms with Crippen molar-refractivity contribution in [1.82, 2.24) is 16.0 Å². The lowest BCUT2D eigenvalue weighted by Gasteiger charge is -2.23. The maximum atomic E-state index is 13.0. The van der Waals surface area contributed by atoms with Gasteiger partial charge in [0.2, 0.25) is 17.7 Å². The van der Waals surface area contributed by atoms with Crippen LogP contribution in [-0.4, -0.2) is 72.3 Å². The number of nitrogens with one attached hydrogen (secondary N) is 3. The molecule has 0 aliphatic rings. The molecule has 4 amide bonds. The summed E-state index contributed by atoms with van der Waals surface area (Å²) in [5.41, 5.74) is -0.0629. The number of anilines is 1. The second-order valence-corrected chi connectivity index (χ2v) is 10.5. The number of benzene rings is 1. The molecule has 0 spiro atoms. The number of carboxylic acids is 1. The number of rotatable bonds is 18. The zero-order valence-corrected chi connectivity index (χ0v) is 24.9. The molecular formula is C30H44N4O8. The Labute approximate surface area is 247 Å². The van der Waals surface area contributed by atoms with E-state index >= 15 is 0 Å². The number of amides is 4. The minimum Gasteiger partial charge on any atom is -0.490 e. The molecule has 1 unspecified atom stereocenters. The molecule has 0 saturated carbocycles. The molecule has 0 bridgehead atoms. The van der Waals surface area contributed by atoms with Crippen LogP contribution in [0.25, 0.3) is 0 Å². The van der Waals surface area contributed by atoms with Gasteiger partial charge in [-0.05, 0) is 70.7 Å². The highest BCUT2D eigenvalue weighted by Gasteiger charge is 2.26. The Hall–Kier alpha value is -4.35. The molecular weight excluding hydrogens is 544 g/mol. The first-order chi connectivity index (χ1) is 19.8. The van der Waals surface area contributed by atoms with Gasteiger partial charge in [-0.25, -0.2) is 9.59 Å². The summed E-state index contributed by atoms with van der Waals surface area (Å²) in [7, 11) is 0. The summed E-state index contributed by atoms with van der Waals surface area (Å²) in [6.07, 6.45) is 3.45. The molecule has 0 aliphatic heterocycles. The third-order valence-electron chi connectivity index (χ3n) is 5.72. The van der Waals surface area contributed by atoms with E-state index in [9.17, 15) is 29.1 Å². The predicted molar refractivity (Wildman–Crippen MR) is 159 cm³/mol. The van der Waals surface area contributed by atoms with Crippen LogP contribution in [-0.2, 0) is 23.9 Å². The van der Waals surface area contributed by atoms with Crippen LogP contribution >= 0.6 is 0 Å². The number of carbonyl (C=O) groups is 5. The molecule has 1 aromatic carbocycles. The zero-order valence-electron chi connectivity index (χ0n) is 24.9. The maximum Gasteiger partial charge on any atom is 0.407 e. The van der Waals surface area contributed by atoms with Crippen LogP contribution in [0.15, 0.2) is 49.6 Å². The van der Waals surface area contributed by atoms with Crippen molar-refractivity contribution < 1.29 is 38.6 Å². The van der Waals surface area contributed by atoms with E-state index < -0.39 is 41.6 Å². The number of carboxylic acid groups (broad SMARTS) is 1. The molecule has 4 N–H and O–H groups in total. The predicted octanol–water partition coefficient (Wildman–Crippen LogP) is 3.32. The van der Waals surface area contributed by atoms with E-state index in [1.54, 1.807) is 51.1 Å². The standard InChI is InChI=1S/C30H44N4O8/c1-7-11-25(28(38)39)33-27(37)24(12-9-10-18-31-29(40)42-30(4,5)6)32-26(36)17-19-34(21(3)35)22-13-15-23(16-14-22)41-20-8-2/h7-8,13-16,24-25H,1-2,9-12,17-20H2,3-6H3,(H,31,40)(H,32,36)(H,33,37)(H,38,39)/t24?,25-/m0/s1. The molecule has 1 rings (SSSR count). The van der Waals surface area contributed by atoms with Gasteiger partial charge in [0.15, 0.2) is 0 Å². The minimum atomic E-state index is -1.23. The zero-order chi connectivity index (χ0) is 31.7. The van der Waals surface area contributed by atoms with Crippen molar-refractivity contribution in [2.24, 2.45) is 0 Å². The van der Waals surface area contributed by atoms with E-state index in [1.807, 2.05) is 0 Å². The van der Waals surface area contributed by atoms with Crippen molar-refractivity contribution >= 4 is 35.5 Å². The Balaban J connectivity index is 2.83. The Bertz CT molecular complexity index is 1080. The first-order valence-corrected chi connectivity index (χ1v) is 13.8. The number of ether oxygens (including phenoxy) is 2. The normalized spacial score (nSPS) is 12.2. The molecule has 1 aromatic rings. The first-order valence-electron chi connectivity index (χ1n) is 13.8. The quantitative estimate of drug-likeness (QED) is 0.150. The van der Waals surface area contributed by atoms with Crippen molar-refractivity contribution in [3.8, 4) is 5.75 Å². The van der Waals surface area contributed by atoms with E-state index in [0.717, 1.165) is 0 Å². The summed E-state index contributed by atoms with van der Waals surface area (Å²) in [5.74, 6) is -2.05. The van der Waals surface area contributed by atoms with Crippen molar-refractivity contribution in [3.05, 3.63) is 49.6 Å². The Morgan fingerprint density at radius 2 is 1.67 bits per heavy atom. The lowest BCUT2D eigenvalue weighted by Crippen LogP contribution is -2.51. The fourth-order valence-electron chi connectivity index (χ4n) is 3.73. The molecule has 0 saturated heterocycles. The van der Waals surface area contributed by atoms with Crippen molar-refractivity contribution in [3.63, 3.8) is 0 Å². The molecule has 232 valence electrons. The Morgan fingerprint density at radius 1 is 1.00 bits per heavy atom. The lowest BCUT2D eigenvalue weighted by atomic mass is 10.1. The van der Waals surface area contributed by atoms with Gasteiger partial charge in [-0.15, -0.1) is 6.58 Å². The average molecular weight is 589 g/mol. The van der Waals surface area contributed by atoms with Gasteiger partial charge >= 0.3 is 12.1 Å². The van der Waals surface area contributed by atoms with Crippen LogP contribution < -0.4 is 25.6 Å². The molecule has 2 atom stereocenters. The van der Waals surface area contributed by atoms with Gasteiger partial charge in [0.05, 0.1) is 0 Å². The fraction of sp³-hybridized carbons (Fsp3) is 0.500. The number of nitrogens with zero attached hydrogens (tertiary/aromatic N) is 1. The third-order valence-corrected chi connectivity index (χ3v) is 5.72. The summed E-state index contributed by atoms with van der Waals surface area (Å²) in [4.78, 5) is 63.0. The first kappa shape index (κ1) is 35.7. The van der Waals surface area contributed by atoms with Crippen LogP contribution in [0.3, 0.4) is 0 Å². The molecule has 0 radical (unpaired) electrons. The number of hydrogen-bond donors (Lipinski definition) is 4. The Kier molecular flexibility index (Phi) is 15.4. The number of aliphatic carboxylic acids is 1. The summed E-state index contributed by atoms with van der Waals surface area (Å²) in [6, 6.07) is 4.58. The van der Waals surface area contributed by atoms with Gasteiger partial charge < -0.3 is 35.4 Å². The highest BCUT2D eigenvalue weighted by atomic mass is 16.6. The second-order valence-electron chi connectivity index (χ2n) is 10.5. The number of carbonyl (C=O) groups excluding carboxylic acids is 4. The van der Waals surface area contributed by atoms with Crippen LogP contribution in [0.5, 0.6) is 5.75 Å². The number of hydrogen-bond acceptors (Lipinski definition) is 7. The molecule has 0 fully saturated rings. The second kappa shape index (κ2) is 18.2. The fourth-order valence-corrected chi connectivity index (χ4v) is 3.73. The summed E-state index contributed by atoms with van der Waals surface area (Å²) in [5, 5.41) is 17.1. The molecule has 0 aliphatic carbocycles. The highest BCUT2D eigenvalue weighted by molar-refractivity contribution is 5.93. The van der Waals surface area contributed by atoms with E-state index in [0.29, 0.717) is 30.9 Å². The number of alkyl carbamates (subject to hydrolysis) is 1. The molecule has 0 heterocycles. The van der Waals surface area contributed by atoms with Gasteiger partial charge in [0.1, 0.15) is 30.0 Å². The van der Waals surface area contributed by atoms with Crippen LogP contribution in [0.4, 0.5) is 10.5 Å². The van der Waals surface area contributed by atoms with E-state index in [-0.39, 0.29) is 38.3 Å². The Morgan fingerprint density at radius 3 is 2.21 bits per heavy atom. The highest BCUT2D eigenvalue weighted by Crippen LogP contribution is 2.20. The number of unbranched alkanes of at least 4 members (excludes halogenated alkanes) is 1. The smallest absolute Gasteiger partial charge is 0.407 e. The minimum absolute atomic E-state index is 0.00649. The van der Waals surface area contributed by atoms with Crippen molar-refractivity contribution in [2.45, 2.75) is 77.5 Å². The molecule has 12 heteroatoms. The maximum absolute atomic E-state index is 13.0. The van der Waals surface area contributed by atoms with Gasteiger partial charge in [-0.3, -0.25) is 14.4 Å². The van der Waals surface area contributed by atoms with Crippen LogP contribution in [0.2, 0.25) is 0 Å². The lowest BCUT2D eigenvalue weighted by molar-refractivity contribution is -0.142. The summed E-state index contributed by atoms with van der Waals surface area (Å²) < 4.78 is 10.6. The van der Waals surface area contributed by atoms with Gasteiger partial charge in [-0.2, -0.15) is 0 Å².